The van der Waals surface area contributed by atoms with E-state index in [1.54, 1.807) is 19.3 Å². The summed E-state index contributed by atoms with van der Waals surface area (Å²) in [5.74, 6) is 3.23. The van der Waals surface area contributed by atoms with E-state index in [-0.39, 0.29) is 0 Å². The first-order valence-electron chi connectivity index (χ1n) is 9.58. The highest BCUT2D eigenvalue weighted by molar-refractivity contribution is 5.05. The highest BCUT2D eigenvalue weighted by Crippen LogP contribution is 2.61. The first-order valence-corrected chi connectivity index (χ1v) is 9.58. The van der Waals surface area contributed by atoms with Crippen LogP contribution in [-0.2, 0) is 4.74 Å². The van der Waals surface area contributed by atoms with Crippen molar-refractivity contribution in [1.29, 1.82) is 0 Å². The third kappa shape index (κ3) is 2.91. The van der Waals surface area contributed by atoms with Crippen molar-refractivity contribution in [1.82, 2.24) is 5.32 Å². The Morgan fingerprint density at radius 2 is 1.76 bits per heavy atom. The van der Waals surface area contributed by atoms with Crippen molar-refractivity contribution in [3.63, 3.8) is 0 Å². The van der Waals surface area contributed by atoms with Crippen LogP contribution in [0.25, 0.3) is 0 Å². The fourth-order valence-electron chi connectivity index (χ4n) is 6.44. The van der Waals surface area contributed by atoms with E-state index >= 15 is 0 Å². The molecule has 0 radical (unpaired) electrons. The van der Waals surface area contributed by atoms with Crippen molar-refractivity contribution in [3.8, 4) is 0 Å². The zero-order valence-corrected chi connectivity index (χ0v) is 13.8. The Balaban J connectivity index is 1.25. The standard InChI is InChI=1S/C19H33NO/c1-14(20-6-2-4-18-5-3-7-21-18)19-11-15-8-16(12-19)10-17(9-15)13-19/h14-18,20H,2-13H2,1H3. The Bertz CT molecular complexity index is 325. The lowest BCUT2D eigenvalue weighted by Gasteiger charge is -2.59. The molecular weight excluding hydrogens is 258 g/mol. The lowest BCUT2D eigenvalue weighted by Crippen LogP contribution is -2.55. The van der Waals surface area contributed by atoms with E-state index in [1.807, 2.05) is 0 Å². The average Bonchev–Trinajstić information content (AvgIpc) is 2.95. The molecule has 4 aliphatic carbocycles. The Morgan fingerprint density at radius 1 is 1.10 bits per heavy atom. The second kappa shape index (κ2) is 5.85. The van der Waals surface area contributed by atoms with Crippen molar-refractivity contribution in [3.05, 3.63) is 0 Å². The summed E-state index contributed by atoms with van der Waals surface area (Å²) in [6.07, 6.45) is 15.0. The van der Waals surface area contributed by atoms with Crippen molar-refractivity contribution in [2.45, 2.75) is 83.3 Å². The van der Waals surface area contributed by atoms with Gasteiger partial charge in [-0.05, 0) is 101 Å². The summed E-state index contributed by atoms with van der Waals surface area (Å²) in [4.78, 5) is 0. The summed E-state index contributed by atoms with van der Waals surface area (Å²) in [6.45, 7) is 4.68. The van der Waals surface area contributed by atoms with Crippen LogP contribution in [0.2, 0.25) is 0 Å². The molecule has 2 unspecified atom stereocenters. The molecule has 0 amide bonds. The normalized spacial score (nSPS) is 46.1. The maximum atomic E-state index is 5.73. The van der Waals surface area contributed by atoms with Crippen LogP contribution < -0.4 is 5.32 Å². The summed E-state index contributed by atoms with van der Waals surface area (Å²) >= 11 is 0. The zero-order valence-electron chi connectivity index (χ0n) is 13.8. The van der Waals surface area contributed by atoms with Gasteiger partial charge in [-0.15, -0.1) is 0 Å². The van der Waals surface area contributed by atoms with Gasteiger partial charge in [0.15, 0.2) is 0 Å². The second-order valence-electron chi connectivity index (χ2n) is 8.73. The predicted octanol–water partition coefficient (Wildman–Crippen LogP) is 4.14. The first kappa shape index (κ1) is 14.5. The molecule has 4 bridgehead atoms. The largest absolute Gasteiger partial charge is 0.378 e. The smallest absolute Gasteiger partial charge is 0.0576 e. The van der Waals surface area contributed by atoms with Crippen LogP contribution in [0, 0.1) is 23.2 Å². The van der Waals surface area contributed by atoms with Gasteiger partial charge in [0.2, 0.25) is 0 Å². The maximum Gasteiger partial charge on any atom is 0.0576 e. The number of nitrogens with one attached hydrogen (secondary N) is 1. The highest BCUT2D eigenvalue weighted by Gasteiger charge is 2.52. The number of hydrogen-bond acceptors (Lipinski definition) is 2. The molecule has 2 heteroatoms. The monoisotopic (exact) mass is 291 g/mol. The Labute approximate surface area is 130 Å². The highest BCUT2D eigenvalue weighted by atomic mass is 16.5. The molecule has 21 heavy (non-hydrogen) atoms. The molecule has 1 aliphatic heterocycles. The van der Waals surface area contributed by atoms with Gasteiger partial charge < -0.3 is 10.1 Å². The van der Waals surface area contributed by atoms with Gasteiger partial charge in [0.25, 0.3) is 0 Å². The van der Waals surface area contributed by atoms with Crippen molar-refractivity contribution >= 4 is 0 Å². The molecule has 0 spiro atoms. The summed E-state index contributed by atoms with van der Waals surface area (Å²) in [7, 11) is 0. The Kier molecular flexibility index (Phi) is 4.04. The van der Waals surface area contributed by atoms with Crippen LogP contribution in [0.3, 0.4) is 0 Å². The van der Waals surface area contributed by atoms with Gasteiger partial charge in [-0.1, -0.05) is 0 Å². The molecule has 5 rings (SSSR count). The third-order valence-corrected chi connectivity index (χ3v) is 7.18. The van der Waals surface area contributed by atoms with E-state index in [0.717, 1.165) is 30.4 Å². The molecule has 2 nitrogen and oxygen atoms in total. The topological polar surface area (TPSA) is 21.3 Å². The molecule has 2 atom stereocenters. The molecule has 5 fully saturated rings. The summed E-state index contributed by atoms with van der Waals surface area (Å²) in [6, 6.07) is 0.732. The summed E-state index contributed by atoms with van der Waals surface area (Å²) in [5.41, 5.74) is 0.665. The SMILES string of the molecule is CC(NCCCC1CCCO1)C12CC3CC(CC(C3)C1)C2. The fourth-order valence-corrected chi connectivity index (χ4v) is 6.44. The summed E-state index contributed by atoms with van der Waals surface area (Å²) < 4.78 is 5.73. The number of rotatable bonds is 6. The summed E-state index contributed by atoms with van der Waals surface area (Å²) in [5, 5.41) is 3.91. The van der Waals surface area contributed by atoms with E-state index in [1.165, 1.54) is 51.5 Å². The molecular formula is C19H33NO. The molecule has 0 aromatic rings. The van der Waals surface area contributed by atoms with Crippen molar-refractivity contribution < 1.29 is 4.74 Å². The van der Waals surface area contributed by atoms with Crippen LogP contribution in [0.15, 0.2) is 0 Å². The van der Waals surface area contributed by atoms with E-state index in [2.05, 4.69) is 12.2 Å². The van der Waals surface area contributed by atoms with Gasteiger partial charge in [-0.2, -0.15) is 0 Å². The van der Waals surface area contributed by atoms with E-state index in [0.29, 0.717) is 11.5 Å². The molecule has 1 heterocycles. The molecule has 120 valence electrons. The van der Waals surface area contributed by atoms with Gasteiger partial charge in [0.1, 0.15) is 0 Å². The minimum atomic E-state index is 0.571. The number of ether oxygens (including phenoxy) is 1. The van der Waals surface area contributed by atoms with Crippen LogP contribution in [0.5, 0.6) is 0 Å². The van der Waals surface area contributed by atoms with E-state index < -0.39 is 0 Å². The second-order valence-corrected chi connectivity index (χ2v) is 8.73. The zero-order chi connectivity index (χ0) is 14.3. The minimum Gasteiger partial charge on any atom is -0.378 e. The first-order chi connectivity index (χ1) is 10.2. The molecule has 0 aromatic heterocycles. The van der Waals surface area contributed by atoms with Gasteiger partial charge >= 0.3 is 0 Å². The fraction of sp³-hybridized carbons (Fsp3) is 1.00. The number of hydrogen-bond donors (Lipinski definition) is 1. The molecule has 1 saturated heterocycles. The lowest BCUT2D eigenvalue weighted by atomic mass is 9.48. The third-order valence-electron chi connectivity index (χ3n) is 7.18. The van der Waals surface area contributed by atoms with Crippen LogP contribution >= 0.6 is 0 Å². The maximum absolute atomic E-state index is 5.73. The van der Waals surface area contributed by atoms with Crippen molar-refractivity contribution in [2.75, 3.05) is 13.2 Å². The molecule has 0 aromatic carbocycles. The average molecular weight is 291 g/mol. The van der Waals surface area contributed by atoms with Gasteiger partial charge in [0, 0.05) is 12.6 Å². The van der Waals surface area contributed by atoms with Crippen LogP contribution in [0.4, 0.5) is 0 Å². The Morgan fingerprint density at radius 3 is 2.33 bits per heavy atom. The predicted molar refractivity (Wildman–Crippen MR) is 86.3 cm³/mol. The van der Waals surface area contributed by atoms with Crippen LogP contribution in [0.1, 0.15) is 71.1 Å². The van der Waals surface area contributed by atoms with Gasteiger partial charge in [-0.3, -0.25) is 0 Å². The van der Waals surface area contributed by atoms with Gasteiger partial charge in [-0.25, -0.2) is 0 Å². The van der Waals surface area contributed by atoms with Gasteiger partial charge in [0.05, 0.1) is 6.10 Å². The van der Waals surface area contributed by atoms with E-state index in [4.69, 9.17) is 4.74 Å². The minimum absolute atomic E-state index is 0.571. The quantitative estimate of drug-likeness (QED) is 0.743. The molecule has 4 saturated carbocycles. The molecule has 5 aliphatic rings. The van der Waals surface area contributed by atoms with Crippen molar-refractivity contribution in [2.24, 2.45) is 23.2 Å². The Hall–Kier alpha value is -0.0800. The lowest BCUT2D eigenvalue weighted by molar-refractivity contribution is -0.0704. The van der Waals surface area contributed by atoms with Crippen LogP contribution in [-0.4, -0.2) is 25.3 Å². The molecule has 1 N–H and O–H groups in total. The van der Waals surface area contributed by atoms with E-state index in [9.17, 15) is 0 Å².